The molecule has 1 aromatic heterocycles. The third-order valence-corrected chi connectivity index (χ3v) is 2.94. The van der Waals surface area contributed by atoms with Gasteiger partial charge in [-0.15, -0.1) is 0 Å². The Kier molecular flexibility index (Phi) is 4.65. The van der Waals surface area contributed by atoms with Crippen molar-refractivity contribution in [3.05, 3.63) is 33.1 Å². The molecule has 1 aromatic rings. The Morgan fingerprint density at radius 2 is 2.24 bits per heavy atom. The summed E-state index contributed by atoms with van der Waals surface area (Å²) in [7, 11) is 1.55. The summed E-state index contributed by atoms with van der Waals surface area (Å²) in [6.45, 7) is 2.50. The first-order valence-corrected chi connectivity index (χ1v) is 5.46. The average Bonchev–Trinajstić information content (AvgIpc) is 2.32. The van der Waals surface area contributed by atoms with Gasteiger partial charge in [0, 0.05) is 31.3 Å². The zero-order valence-electron chi connectivity index (χ0n) is 10.1. The van der Waals surface area contributed by atoms with Crippen molar-refractivity contribution in [3.8, 4) is 0 Å². The maximum atomic E-state index is 11.5. The van der Waals surface area contributed by atoms with Crippen LogP contribution in [0.5, 0.6) is 0 Å². The van der Waals surface area contributed by atoms with Gasteiger partial charge in [0.2, 0.25) is 0 Å². The van der Waals surface area contributed by atoms with Crippen molar-refractivity contribution < 1.29 is 9.84 Å². The SMILES string of the molecule is CCC(CO)(COC)Cn1ccc(=O)[nH]c1=O. The van der Waals surface area contributed by atoms with E-state index < -0.39 is 16.7 Å². The minimum absolute atomic E-state index is 0.0804. The van der Waals surface area contributed by atoms with Crippen LogP contribution in [0, 0.1) is 5.41 Å². The fraction of sp³-hybridized carbons (Fsp3) is 0.636. The second kappa shape index (κ2) is 5.79. The highest BCUT2D eigenvalue weighted by Crippen LogP contribution is 2.23. The van der Waals surface area contributed by atoms with Crippen LogP contribution in [0.15, 0.2) is 21.9 Å². The van der Waals surface area contributed by atoms with Gasteiger partial charge < -0.3 is 9.84 Å². The third kappa shape index (κ3) is 3.28. The summed E-state index contributed by atoms with van der Waals surface area (Å²) >= 11 is 0. The molecule has 0 saturated carbocycles. The number of H-pyrrole nitrogens is 1. The van der Waals surface area contributed by atoms with E-state index in [0.29, 0.717) is 19.6 Å². The fourth-order valence-corrected chi connectivity index (χ4v) is 1.70. The standard InChI is InChI=1S/C11H18N2O4/c1-3-11(7-14,8-17-2)6-13-5-4-9(15)12-10(13)16/h4-5,14H,3,6-8H2,1-2H3,(H,12,15,16). The monoisotopic (exact) mass is 242 g/mol. The molecule has 0 bridgehead atoms. The maximum absolute atomic E-state index is 11.5. The predicted molar refractivity (Wildman–Crippen MR) is 63.0 cm³/mol. The minimum atomic E-state index is -0.503. The van der Waals surface area contributed by atoms with Gasteiger partial charge in [-0.1, -0.05) is 6.92 Å². The van der Waals surface area contributed by atoms with Crippen LogP contribution >= 0.6 is 0 Å². The highest BCUT2D eigenvalue weighted by atomic mass is 16.5. The van der Waals surface area contributed by atoms with Crippen LogP contribution in [0.4, 0.5) is 0 Å². The molecule has 0 aliphatic heterocycles. The molecule has 1 rings (SSSR count). The molecule has 6 heteroatoms. The zero-order chi connectivity index (χ0) is 12.9. The number of aromatic nitrogens is 2. The molecule has 96 valence electrons. The largest absolute Gasteiger partial charge is 0.396 e. The van der Waals surface area contributed by atoms with Gasteiger partial charge in [0.25, 0.3) is 5.56 Å². The Balaban J connectivity index is 3.01. The number of aliphatic hydroxyl groups is 1. The highest BCUT2D eigenvalue weighted by molar-refractivity contribution is 4.86. The van der Waals surface area contributed by atoms with Gasteiger partial charge in [-0.2, -0.15) is 0 Å². The summed E-state index contributed by atoms with van der Waals surface area (Å²) in [6, 6.07) is 1.28. The Labute approximate surface area is 98.9 Å². The Bertz CT molecular complexity index is 459. The van der Waals surface area contributed by atoms with Crippen molar-refractivity contribution in [2.24, 2.45) is 5.41 Å². The number of hydrogen-bond acceptors (Lipinski definition) is 4. The zero-order valence-corrected chi connectivity index (χ0v) is 10.1. The molecular weight excluding hydrogens is 224 g/mol. The lowest BCUT2D eigenvalue weighted by molar-refractivity contribution is 0.0128. The lowest BCUT2D eigenvalue weighted by Crippen LogP contribution is -2.40. The molecule has 0 aliphatic rings. The van der Waals surface area contributed by atoms with Crippen molar-refractivity contribution >= 4 is 0 Å². The first-order valence-electron chi connectivity index (χ1n) is 5.46. The van der Waals surface area contributed by atoms with E-state index >= 15 is 0 Å². The van der Waals surface area contributed by atoms with Crippen LogP contribution in [0.1, 0.15) is 13.3 Å². The molecule has 0 amide bonds. The van der Waals surface area contributed by atoms with Gasteiger partial charge in [-0.25, -0.2) is 4.79 Å². The summed E-state index contributed by atoms with van der Waals surface area (Å²) in [5.41, 5.74) is -1.40. The summed E-state index contributed by atoms with van der Waals surface area (Å²) < 4.78 is 6.45. The lowest BCUT2D eigenvalue weighted by atomic mass is 9.87. The van der Waals surface area contributed by atoms with Gasteiger partial charge in [-0.3, -0.25) is 14.3 Å². The topological polar surface area (TPSA) is 84.3 Å². The molecular formula is C11H18N2O4. The second-order valence-corrected chi connectivity index (χ2v) is 4.18. The average molecular weight is 242 g/mol. The number of aromatic amines is 1. The number of aliphatic hydroxyl groups excluding tert-OH is 1. The first-order chi connectivity index (χ1) is 8.06. The second-order valence-electron chi connectivity index (χ2n) is 4.18. The van der Waals surface area contributed by atoms with Crippen molar-refractivity contribution in [2.45, 2.75) is 19.9 Å². The maximum Gasteiger partial charge on any atom is 0.328 e. The van der Waals surface area contributed by atoms with Crippen LogP contribution < -0.4 is 11.2 Å². The summed E-state index contributed by atoms with van der Waals surface area (Å²) in [4.78, 5) is 24.6. The molecule has 1 atom stereocenters. The Hall–Kier alpha value is -1.40. The van der Waals surface area contributed by atoms with E-state index in [0.717, 1.165) is 0 Å². The Morgan fingerprint density at radius 1 is 1.53 bits per heavy atom. The van der Waals surface area contributed by atoms with E-state index in [-0.39, 0.29) is 6.61 Å². The summed E-state index contributed by atoms with van der Waals surface area (Å²) in [6.07, 6.45) is 2.10. The van der Waals surface area contributed by atoms with E-state index in [9.17, 15) is 14.7 Å². The van der Waals surface area contributed by atoms with Crippen LogP contribution in [0.2, 0.25) is 0 Å². The van der Waals surface area contributed by atoms with Gasteiger partial charge in [0.05, 0.1) is 13.2 Å². The van der Waals surface area contributed by atoms with Crippen LogP contribution in [0.25, 0.3) is 0 Å². The number of rotatable bonds is 6. The molecule has 1 heterocycles. The number of nitrogens with zero attached hydrogens (tertiary/aromatic N) is 1. The molecule has 0 aliphatic carbocycles. The minimum Gasteiger partial charge on any atom is -0.396 e. The third-order valence-electron chi connectivity index (χ3n) is 2.94. The Morgan fingerprint density at radius 3 is 2.71 bits per heavy atom. The molecule has 0 radical (unpaired) electrons. The molecule has 0 spiro atoms. The predicted octanol–water partition coefficient (Wildman–Crippen LogP) is -0.428. The molecule has 0 fully saturated rings. The number of nitrogens with one attached hydrogen (secondary N) is 1. The van der Waals surface area contributed by atoms with Crippen LogP contribution in [-0.2, 0) is 11.3 Å². The highest BCUT2D eigenvalue weighted by Gasteiger charge is 2.28. The van der Waals surface area contributed by atoms with E-state index in [1.54, 1.807) is 7.11 Å². The molecule has 6 nitrogen and oxygen atoms in total. The summed E-state index contributed by atoms with van der Waals surface area (Å²) in [5.74, 6) is 0. The normalized spacial score (nSPS) is 14.5. The molecule has 1 unspecified atom stereocenters. The van der Waals surface area contributed by atoms with Gasteiger partial charge in [0.1, 0.15) is 0 Å². The van der Waals surface area contributed by atoms with E-state index in [2.05, 4.69) is 4.98 Å². The smallest absolute Gasteiger partial charge is 0.328 e. The quantitative estimate of drug-likeness (QED) is 0.709. The number of hydrogen-bond donors (Lipinski definition) is 2. The van der Waals surface area contributed by atoms with Gasteiger partial charge >= 0.3 is 5.69 Å². The van der Waals surface area contributed by atoms with Gasteiger partial charge in [0.15, 0.2) is 0 Å². The molecule has 2 N–H and O–H groups in total. The van der Waals surface area contributed by atoms with Crippen molar-refractivity contribution in [2.75, 3.05) is 20.3 Å². The van der Waals surface area contributed by atoms with E-state index in [1.165, 1.54) is 16.8 Å². The molecule has 0 saturated heterocycles. The van der Waals surface area contributed by atoms with Crippen molar-refractivity contribution in [3.63, 3.8) is 0 Å². The van der Waals surface area contributed by atoms with Crippen molar-refractivity contribution in [1.29, 1.82) is 0 Å². The van der Waals surface area contributed by atoms with E-state index in [1.807, 2.05) is 6.92 Å². The molecule has 17 heavy (non-hydrogen) atoms. The number of ether oxygens (including phenoxy) is 1. The van der Waals surface area contributed by atoms with Crippen LogP contribution in [0.3, 0.4) is 0 Å². The fourth-order valence-electron chi connectivity index (χ4n) is 1.70. The lowest BCUT2D eigenvalue weighted by Gasteiger charge is -2.30. The van der Waals surface area contributed by atoms with Crippen molar-refractivity contribution in [1.82, 2.24) is 9.55 Å². The molecule has 0 aromatic carbocycles. The van der Waals surface area contributed by atoms with Gasteiger partial charge in [-0.05, 0) is 6.42 Å². The summed E-state index contributed by atoms with van der Waals surface area (Å²) in [5, 5.41) is 9.45. The van der Waals surface area contributed by atoms with E-state index in [4.69, 9.17) is 4.74 Å². The first kappa shape index (κ1) is 13.7. The van der Waals surface area contributed by atoms with Crippen LogP contribution in [-0.4, -0.2) is 35.0 Å². The number of methoxy groups -OCH3 is 1.